The summed E-state index contributed by atoms with van der Waals surface area (Å²) in [5.41, 5.74) is 1.57. The Morgan fingerprint density at radius 2 is 1.88 bits per heavy atom. The Bertz CT molecular complexity index is 393. The largest absolute Gasteiger partial charge is 0.380 e. The minimum absolute atomic E-state index is 0.0544. The maximum atomic E-state index is 12.2. The highest BCUT2D eigenvalue weighted by atomic mass is 16.2. The summed E-state index contributed by atoms with van der Waals surface area (Å²) in [4.78, 5) is 13.9. The summed E-state index contributed by atoms with van der Waals surface area (Å²) in [7, 11) is 1.82. The van der Waals surface area contributed by atoms with Crippen molar-refractivity contribution in [2.75, 3.05) is 18.9 Å². The molecule has 0 spiro atoms. The molecule has 0 saturated carbocycles. The fourth-order valence-corrected chi connectivity index (χ4v) is 1.53. The first-order chi connectivity index (χ1) is 7.85. The van der Waals surface area contributed by atoms with Crippen molar-refractivity contribution in [3.05, 3.63) is 29.8 Å². The Morgan fingerprint density at radius 3 is 2.41 bits per heavy atom. The van der Waals surface area contributed by atoms with Gasteiger partial charge in [-0.05, 0) is 39.8 Å². The van der Waals surface area contributed by atoms with E-state index in [-0.39, 0.29) is 11.4 Å². The van der Waals surface area contributed by atoms with Gasteiger partial charge in [0.05, 0.1) is 5.56 Å². The first kappa shape index (κ1) is 13.6. The number of nitrogens with one attached hydrogen (secondary N) is 1. The molecule has 1 amide bonds. The first-order valence-electron chi connectivity index (χ1n) is 5.98. The minimum atomic E-state index is -0.0544. The molecule has 3 heteroatoms. The first-order valence-corrected chi connectivity index (χ1v) is 5.98. The Labute approximate surface area is 104 Å². The highest BCUT2D eigenvalue weighted by Crippen LogP contribution is 2.20. The molecule has 0 bridgehead atoms. The molecular weight excluding hydrogens is 212 g/mol. The van der Waals surface area contributed by atoms with E-state index in [0.29, 0.717) is 6.54 Å². The van der Waals surface area contributed by atoms with E-state index in [1.807, 2.05) is 38.2 Å². The molecule has 0 radical (unpaired) electrons. The van der Waals surface area contributed by atoms with Crippen LogP contribution in [0.2, 0.25) is 0 Å². The second-order valence-electron chi connectivity index (χ2n) is 5.24. The van der Waals surface area contributed by atoms with Crippen molar-refractivity contribution in [3.8, 4) is 0 Å². The number of para-hydroxylation sites is 1. The van der Waals surface area contributed by atoms with Gasteiger partial charge < -0.3 is 10.2 Å². The van der Waals surface area contributed by atoms with E-state index in [4.69, 9.17) is 0 Å². The summed E-state index contributed by atoms with van der Waals surface area (Å²) in [6, 6.07) is 7.64. The molecule has 0 aromatic heterocycles. The lowest BCUT2D eigenvalue weighted by atomic mass is 10.1. The number of nitrogens with zero attached hydrogens (tertiary/aromatic N) is 1. The van der Waals surface area contributed by atoms with Crippen molar-refractivity contribution in [1.29, 1.82) is 0 Å². The average Bonchev–Trinajstić information content (AvgIpc) is 2.25. The van der Waals surface area contributed by atoms with Crippen LogP contribution in [-0.4, -0.2) is 29.9 Å². The van der Waals surface area contributed by atoms with Gasteiger partial charge in [-0.1, -0.05) is 12.1 Å². The maximum Gasteiger partial charge on any atom is 0.255 e. The van der Waals surface area contributed by atoms with Gasteiger partial charge in [-0.3, -0.25) is 4.79 Å². The van der Waals surface area contributed by atoms with Crippen LogP contribution >= 0.6 is 0 Å². The molecule has 0 atom stereocenters. The maximum absolute atomic E-state index is 12.2. The number of carbonyl (C=O) groups is 1. The lowest BCUT2D eigenvalue weighted by Gasteiger charge is -2.25. The van der Waals surface area contributed by atoms with Crippen LogP contribution in [-0.2, 0) is 0 Å². The van der Waals surface area contributed by atoms with E-state index in [1.165, 1.54) is 0 Å². The van der Waals surface area contributed by atoms with Crippen molar-refractivity contribution in [1.82, 2.24) is 4.90 Å². The molecule has 0 aliphatic rings. The molecule has 0 aliphatic carbocycles. The SMILES string of the molecule is CCN(C)C(=O)c1ccccc1NC(C)(C)C. The van der Waals surface area contributed by atoms with Gasteiger partial charge in [0.25, 0.3) is 5.91 Å². The van der Waals surface area contributed by atoms with Crippen molar-refractivity contribution in [2.45, 2.75) is 33.2 Å². The Kier molecular flexibility index (Phi) is 4.16. The molecule has 94 valence electrons. The predicted octanol–water partition coefficient (Wildman–Crippen LogP) is 2.99. The van der Waals surface area contributed by atoms with Crippen LogP contribution in [0, 0.1) is 0 Å². The topological polar surface area (TPSA) is 32.3 Å². The number of benzene rings is 1. The third-order valence-electron chi connectivity index (χ3n) is 2.49. The number of rotatable bonds is 3. The van der Waals surface area contributed by atoms with Crippen LogP contribution in [0.15, 0.2) is 24.3 Å². The van der Waals surface area contributed by atoms with E-state index in [1.54, 1.807) is 4.90 Å². The fourth-order valence-electron chi connectivity index (χ4n) is 1.53. The van der Waals surface area contributed by atoms with Crippen LogP contribution < -0.4 is 5.32 Å². The van der Waals surface area contributed by atoms with Gasteiger partial charge in [0.2, 0.25) is 0 Å². The van der Waals surface area contributed by atoms with Crippen molar-refractivity contribution in [3.63, 3.8) is 0 Å². The zero-order chi connectivity index (χ0) is 13.1. The summed E-state index contributed by atoms with van der Waals surface area (Å²) in [6.45, 7) is 8.92. The van der Waals surface area contributed by atoms with E-state index in [0.717, 1.165) is 11.3 Å². The van der Waals surface area contributed by atoms with Crippen LogP contribution in [0.5, 0.6) is 0 Å². The summed E-state index contributed by atoms with van der Waals surface area (Å²) in [5.74, 6) is 0.0554. The van der Waals surface area contributed by atoms with Crippen LogP contribution in [0.3, 0.4) is 0 Å². The van der Waals surface area contributed by atoms with Crippen molar-refractivity contribution in [2.24, 2.45) is 0 Å². The summed E-state index contributed by atoms with van der Waals surface area (Å²) >= 11 is 0. The summed E-state index contributed by atoms with van der Waals surface area (Å²) in [5, 5.41) is 3.36. The lowest BCUT2D eigenvalue weighted by molar-refractivity contribution is 0.0803. The number of amides is 1. The number of hydrogen-bond acceptors (Lipinski definition) is 2. The Morgan fingerprint density at radius 1 is 1.29 bits per heavy atom. The van der Waals surface area contributed by atoms with E-state index in [2.05, 4.69) is 26.1 Å². The zero-order valence-corrected chi connectivity index (χ0v) is 11.4. The van der Waals surface area contributed by atoms with Gasteiger partial charge in [0, 0.05) is 24.8 Å². The third kappa shape index (κ3) is 3.77. The lowest BCUT2D eigenvalue weighted by Crippen LogP contribution is -2.30. The Hall–Kier alpha value is -1.51. The highest BCUT2D eigenvalue weighted by Gasteiger charge is 2.17. The molecule has 1 rings (SSSR count). The second-order valence-corrected chi connectivity index (χ2v) is 5.24. The smallest absolute Gasteiger partial charge is 0.255 e. The van der Waals surface area contributed by atoms with E-state index < -0.39 is 0 Å². The van der Waals surface area contributed by atoms with E-state index >= 15 is 0 Å². The zero-order valence-electron chi connectivity index (χ0n) is 11.4. The monoisotopic (exact) mass is 234 g/mol. The number of hydrogen-bond donors (Lipinski definition) is 1. The molecule has 1 aromatic rings. The van der Waals surface area contributed by atoms with Crippen molar-refractivity contribution < 1.29 is 4.79 Å². The fraction of sp³-hybridized carbons (Fsp3) is 0.500. The molecule has 0 fully saturated rings. The second kappa shape index (κ2) is 5.21. The molecule has 3 nitrogen and oxygen atoms in total. The standard InChI is InChI=1S/C14H22N2O/c1-6-16(5)13(17)11-9-7-8-10-12(11)15-14(2,3)4/h7-10,15H,6H2,1-5H3. The molecule has 17 heavy (non-hydrogen) atoms. The average molecular weight is 234 g/mol. The van der Waals surface area contributed by atoms with Gasteiger partial charge in [0.15, 0.2) is 0 Å². The van der Waals surface area contributed by atoms with Crippen LogP contribution in [0.25, 0.3) is 0 Å². The van der Waals surface area contributed by atoms with Crippen molar-refractivity contribution >= 4 is 11.6 Å². The summed E-state index contributed by atoms with van der Waals surface area (Å²) < 4.78 is 0. The third-order valence-corrected chi connectivity index (χ3v) is 2.49. The molecule has 0 heterocycles. The molecule has 0 aliphatic heterocycles. The van der Waals surface area contributed by atoms with Gasteiger partial charge >= 0.3 is 0 Å². The minimum Gasteiger partial charge on any atom is -0.380 e. The van der Waals surface area contributed by atoms with Gasteiger partial charge in [-0.25, -0.2) is 0 Å². The molecule has 0 saturated heterocycles. The molecule has 1 aromatic carbocycles. The number of anilines is 1. The van der Waals surface area contributed by atoms with E-state index in [9.17, 15) is 4.79 Å². The molecule has 1 N–H and O–H groups in total. The normalized spacial score (nSPS) is 11.1. The van der Waals surface area contributed by atoms with Crippen LogP contribution in [0.4, 0.5) is 5.69 Å². The Balaban J connectivity index is 3.04. The van der Waals surface area contributed by atoms with Gasteiger partial charge in [0.1, 0.15) is 0 Å². The molecule has 0 unspecified atom stereocenters. The van der Waals surface area contributed by atoms with Gasteiger partial charge in [-0.2, -0.15) is 0 Å². The highest BCUT2D eigenvalue weighted by molar-refractivity contribution is 5.99. The number of carbonyl (C=O) groups excluding carboxylic acids is 1. The van der Waals surface area contributed by atoms with Crippen LogP contribution in [0.1, 0.15) is 38.1 Å². The summed E-state index contributed by atoms with van der Waals surface area (Å²) in [6.07, 6.45) is 0. The van der Waals surface area contributed by atoms with Gasteiger partial charge in [-0.15, -0.1) is 0 Å². The molecular formula is C14H22N2O. The predicted molar refractivity (Wildman–Crippen MR) is 72.5 cm³/mol. The quantitative estimate of drug-likeness (QED) is 0.872.